The summed E-state index contributed by atoms with van der Waals surface area (Å²) in [5.74, 6) is 0.0772. The van der Waals surface area contributed by atoms with Gasteiger partial charge in [0.05, 0.1) is 0 Å². The minimum absolute atomic E-state index is 0.383. The highest BCUT2D eigenvalue weighted by atomic mass is 35.5. The van der Waals surface area contributed by atoms with E-state index in [-0.39, 0.29) is 0 Å². The van der Waals surface area contributed by atoms with Crippen LogP contribution in [0.15, 0.2) is 109 Å². The number of halogens is 1. The number of carbonyl (C=O) groups excluding carboxylic acids is 1. The number of esters is 1. The van der Waals surface area contributed by atoms with E-state index in [1.807, 2.05) is 84.9 Å². The van der Waals surface area contributed by atoms with Crippen molar-refractivity contribution in [2.45, 2.75) is 75.3 Å². The molecule has 212 valence electrons. The van der Waals surface area contributed by atoms with E-state index < -0.39 is 17.6 Å². The van der Waals surface area contributed by atoms with Crippen molar-refractivity contribution >= 4 is 17.6 Å². The van der Waals surface area contributed by atoms with Crippen LogP contribution in [-0.2, 0) is 21.6 Å². The number of benzene rings is 4. The molecule has 0 heterocycles. The Hall–Kier alpha value is -3.40. The van der Waals surface area contributed by atoms with Crippen molar-refractivity contribution in [3.63, 3.8) is 0 Å². The van der Waals surface area contributed by atoms with Gasteiger partial charge in [-0.25, -0.2) is 0 Å². The van der Waals surface area contributed by atoms with Gasteiger partial charge in [0.2, 0.25) is 0 Å². The number of ether oxygens (including phenoxy) is 1. The van der Waals surface area contributed by atoms with Gasteiger partial charge in [0.15, 0.2) is 5.60 Å². The highest BCUT2D eigenvalue weighted by molar-refractivity contribution is 6.31. The summed E-state index contributed by atoms with van der Waals surface area (Å²) < 4.78 is 6.60. The smallest absolute Gasteiger partial charge is 0.324 e. The molecule has 41 heavy (non-hydrogen) atoms. The molecule has 0 spiro atoms. The first-order valence-electron chi connectivity index (χ1n) is 15.0. The number of carbonyl (C=O) groups is 1. The standard InChI is InChI=1S/C37H40ClNO2/c38-34-22-14-13-21-33(34)37(31-19-11-6-12-20-31,41-36(40)35(39)27-28-15-7-5-8-16-28)32-25-23-30(24-26-32)29-17-9-3-1-2-4-10-18-29/h5-8,11-16,19-26,29,35H,1-4,9-10,17-18,27,39H2. The van der Waals surface area contributed by atoms with Crippen LogP contribution in [0.25, 0.3) is 0 Å². The summed E-state index contributed by atoms with van der Waals surface area (Å²) in [7, 11) is 0. The van der Waals surface area contributed by atoms with Gasteiger partial charge in [0.25, 0.3) is 0 Å². The number of hydrogen-bond acceptors (Lipinski definition) is 3. The number of rotatable bonds is 8. The van der Waals surface area contributed by atoms with Crippen LogP contribution in [0.5, 0.6) is 0 Å². The highest BCUT2D eigenvalue weighted by Gasteiger charge is 2.43. The van der Waals surface area contributed by atoms with Crippen LogP contribution >= 0.6 is 11.6 Å². The third kappa shape index (κ3) is 6.92. The molecular formula is C37H40ClNO2. The Balaban J connectivity index is 1.57. The van der Waals surface area contributed by atoms with Crippen LogP contribution in [0.2, 0.25) is 5.02 Å². The first kappa shape index (κ1) is 29.1. The molecule has 5 rings (SSSR count). The zero-order valence-electron chi connectivity index (χ0n) is 23.7. The average molecular weight is 566 g/mol. The Bertz CT molecular complexity index is 1380. The van der Waals surface area contributed by atoms with E-state index >= 15 is 0 Å². The molecule has 2 atom stereocenters. The van der Waals surface area contributed by atoms with Gasteiger partial charge in [-0.1, -0.05) is 153 Å². The summed E-state index contributed by atoms with van der Waals surface area (Å²) in [6.45, 7) is 0. The van der Waals surface area contributed by atoms with Crippen molar-refractivity contribution in [2.75, 3.05) is 0 Å². The van der Waals surface area contributed by atoms with Gasteiger partial charge in [-0.05, 0) is 42.4 Å². The van der Waals surface area contributed by atoms with Crippen molar-refractivity contribution in [3.8, 4) is 0 Å². The zero-order chi connectivity index (χ0) is 28.5. The Kier molecular flexibility index (Phi) is 9.92. The van der Waals surface area contributed by atoms with E-state index in [2.05, 4.69) is 24.3 Å². The van der Waals surface area contributed by atoms with Crippen LogP contribution < -0.4 is 5.73 Å². The minimum Gasteiger partial charge on any atom is -0.443 e. The lowest BCUT2D eigenvalue weighted by molar-refractivity contribution is -0.155. The Morgan fingerprint density at radius 2 is 1.27 bits per heavy atom. The molecule has 0 aromatic heterocycles. The molecule has 1 saturated carbocycles. The molecule has 0 saturated heterocycles. The monoisotopic (exact) mass is 565 g/mol. The lowest BCUT2D eigenvalue weighted by Crippen LogP contribution is -2.43. The second kappa shape index (κ2) is 14.0. The predicted molar refractivity (Wildman–Crippen MR) is 168 cm³/mol. The molecule has 2 N–H and O–H groups in total. The SMILES string of the molecule is NC(Cc1ccccc1)C(=O)OC(c1ccccc1)(c1ccc(C2CCCCCCCC2)cc1)c1ccccc1Cl. The highest BCUT2D eigenvalue weighted by Crippen LogP contribution is 2.44. The van der Waals surface area contributed by atoms with Crippen molar-refractivity contribution in [1.29, 1.82) is 0 Å². The maximum absolute atomic E-state index is 13.8. The fraction of sp³-hybridized carbons (Fsp3) is 0.324. The van der Waals surface area contributed by atoms with Crippen LogP contribution in [0.3, 0.4) is 0 Å². The van der Waals surface area contributed by atoms with Gasteiger partial charge in [0.1, 0.15) is 6.04 Å². The molecule has 4 aromatic carbocycles. The average Bonchev–Trinajstić information content (AvgIpc) is 3.16. The summed E-state index contributed by atoms with van der Waals surface area (Å²) in [6.07, 6.45) is 10.7. The van der Waals surface area contributed by atoms with Gasteiger partial charge < -0.3 is 10.5 Å². The maximum atomic E-state index is 13.8. The summed E-state index contributed by atoms with van der Waals surface area (Å²) in [5, 5.41) is 0.529. The molecule has 1 fully saturated rings. The van der Waals surface area contributed by atoms with Crippen molar-refractivity contribution in [2.24, 2.45) is 5.73 Å². The van der Waals surface area contributed by atoms with Crippen molar-refractivity contribution in [3.05, 3.63) is 142 Å². The molecule has 3 nitrogen and oxygen atoms in total. The molecule has 0 bridgehead atoms. The van der Waals surface area contributed by atoms with Crippen molar-refractivity contribution in [1.82, 2.24) is 0 Å². The number of nitrogens with two attached hydrogens (primary N) is 1. The van der Waals surface area contributed by atoms with E-state index in [4.69, 9.17) is 22.1 Å². The van der Waals surface area contributed by atoms with E-state index in [0.29, 0.717) is 22.9 Å². The summed E-state index contributed by atoms with van der Waals surface area (Å²) in [6, 6.07) is 35.1. The molecule has 2 unspecified atom stereocenters. The van der Waals surface area contributed by atoms with Gasteiger partial charge in [-0.2, -0.15) is 0 Å². The Labute approximate surface area is 249 Å². The lowest BCUT2D eigenvalue weighted by atomic mass is 9.78. The van der Waals surface area contributed by atoms with Crippen LogP contribution in [-0.4, -0.2) is 12.0 Å². The fourth-order valence-electron chi connectivity index (χ4n) is 6.20. The van der Waals surface area contributed by atoms with Gasteiger partial charge in [-0.15, -0.1) is 0 Å². The summed E-state index contributed by atoms with van der Waals surface area (Å²) in [4.78, 5) is 13.8. The van der Waals surface area contributed by atoms with E-state index in [1.165, 1.54) is 56.9 Å². The molecule has 4 aromatic rings. The largest absolute Gasteiger partial charge is 0.443 e. The third-order valence-electron chi connectivity index (χ3n) is 8.43. The molecule has 0 aliphatic heterocycles. The lowest BCUT2D eigenvalue weighted by Gasteiger charge is -2.37. The Morgan fingerprint density at radius 3 is 1.90 bits per heavy atom. The minimum atomic E-state index is -1.26. The molecule has 0 amide bonds. The second-order valence-electron chi connectivity index (χ2n) is 11.3. The quantitative estimate of drug-likeness (QED) is 0.171. The first-order valence-corrected chi connectivity index (χ1v) is 15.4. The molecule has 4 heteroatoms. The number of hydrogen-bond donors (Lipinski definition) is 1. The van der Waals surface area contributed by atoms with E-state index in [9.17, 15) is 4.79 Å². The predicted octanol–water partition coefficient (Wildman–Crippen LogP) is 8.96. The van der Waals surface area contributed by atoms with Gasteiger partial charge in [-0.3, -0.25) is 4.79 Å². The van der Waals surface area contributed by atoms with Crippen LogP contribution in [0, 0.1) is 0 Å². The third-order valence-corrected chi connectivity index (χ3v) is 8.76. The van der Waals surface area contributed by atoms with Gasteiger partial charge in [0, 0.05) is 21.7 Å². The normalized spacial score (nSPS) is 16.9. The van der Waals surface area contributed by atoms with Crippen LogP contribution in [0.4, 0.5) is 0 Å². The topological polar surface area (TPSA) is 52.3 Å². The maximum Gasteiger partial charge on any atom is 0.324 e. The molecule has 1 aliphatic carbocycles. The van der Waals surface area contributed by atoms with Crippen molar-refractivity contribution < 1.29 is 9.53 Å². The van der Waals surface area contributed by atoms with Crippen LogP contribution in [0.1, 0.15) is 85.1 Å². The summed E-state index contributed by atoms with van der Waals surface area (Å²) >= 11 is 6.88. The molecule has 0 radical (unpaired) electrons. The molecule has 1 aliphatic rings. The first-order chi connectivity index (χ1) is 20.1. The molecular weight excluding hydrogens is 526 g/mol. The van der Waals surface area contributed by atoms with E-state index in [1.54, 1.807) is 0 Å². The zero-order valence-corrected chi connectivity index (χ0v) is 24.4. The Morgan fingerprint density at radius 1 is 0.732 bits per heavy atom. The fourth-order valence-corrected chi connectivity index (χ4v) is 6.47. The van der Waals surface area contributed by atoms with E-state index in [0.717, 1.165) is 16.7 Å². The summed E-state index contributed by atoms with van der Waals surface area (Å²) in [5.41, 5.74) is 9.94. The second-order valence-corrected chi connectivity index (χ2v) is 11.7. The van der Waals surface area contributed by atoms with Gasteiger partial charge >= 0.3 is 5.97 Å².